The molecule has 9 heteroatoms. The summed E-state index contributed by atoms with van der Waals surface area (Å²) >= 11 is 1.54. The van der Waals surface area contributed by atoms with E-state index in [0.29, 0.717) is 34.9 Å². The SMILES string of the molecule is COC(=O)CCc1ncc(-c2ccc(NS(=O)c3ccc(OC)cc3OC)cc2)s1. The number of carbonyl (C=O) groups is 1. The molecule has 2 aromatic carbocycles. The maximum atomic E-state index is 12.7. The summed E-state index contributed by atoms with van der Waals surface area (Å²) in [5.41, 5.74) is 1.71. The third-order valence-corrected chi connectivity index (χ3v) is 6.54. The smallest absolute Gasteiger partial charge is 0.305 e. The van der Waals surface area contributed by atoms with Crippen molar-refractivity contribution in [2.45, 2.75) is 17.7 Å². The number of rotatable bonds is 9. The van der Waals surface area contributed by atoms with Gasteiger partial charge in [-0.15, -0.1) is 11.3 Å². The van der Waals surface area contributed by atoms with Crippen LogP contribution in [0.25, 0.3) is 10.4 Å². The lowest BCUT2D eigenvalue weighted by molar-refractivity contribution is -0.140. The van der Waals surface area contributed by atoms with Gasteiger partial charge in [-0.2, -0.15) is 0 Å². The van der Waals surface area contributed by atoms with E-state index in [2.05, 4.69) is 14.4 Å². The molecule has 0 saturated heterocycles. The lowest BCUT2D eigenvalue weighted by Crippen LogP contribution is -2.06. The minimum Gasteiger partial charge on any atom is -0.497 e. The Bertz CT molecular complexity index is 1030. The van der Waals surface area contributed by atoms with E-state index in [1.807, 2.05) is 24.3 Å². The minimum atomic E-state index is -1.50. The van der Waals surface area contributed by atoms with Crippen molar-refractivity contribution in [2.24, 2.45) is 0 Å². The van der Waals surface area contributed by atoms with Gasteiger partial charge in [0, 0.05) is 24.4 Å². The molecule has 7 nitrogen and oxygen atoms in total. The van der Waals surface area contributed by atoms with Crippen LogP contribution in [0, 0.1) is 0 Å². The highest BCUT2D eigenvalue weighted by Gasteiger charge is 2.13. The Morgan fingerprint density at radius 2 is 1.87 bits per heavy atom. The second-order valence-corrected chi connectivity index (χ2v) is 8.46. The molecule has 158 valence electrons. The number of carbonyl (C=O) groups excluding carboxylic acids is 1. The highest BCUT2D eigenvalue weighted by Crippen LogP contribution is 2.30. The fraction of sp³-hybridized carbons (Fsp3) is 0.238. The molecule has 0 aliphatic rings. The predicted octanol–water partition coefficient (Wildman–Crippen LogP) is 4.07. The van der Waals surface area contributed by atoms with Crippen molar-refractivity contribution in [3.8, 4) is 21.9 Å². The fourth-order valence-electron chi connectivity index (χ4n) is 2.66. The molecular weight excluding hydrogens is 424 g/mol. The molecule has 1 heterocycles. The Balaban J connectivity index is 1.67. The molecule has 3 aromatic rings. The average Bonchev–Trinajstić information content (AvgIpc) is 3.26. The van der Waals surface area contributed by atoms with Crippen molar-refractivity contribution in [3.63, 3.8) is 0 Å². The molecule has 3 rings (SSSR count). The summed E-state index contributed by atoms with van der Waals surface area (Å²) in [5.74, 6) is 0.872. The van der Waals surface area contributed by atoms with Gasteiger partial charge in [0.05, 0.1) is 37.6 Å². The first kappa shape index (κ1) is 21.8. The van der Waals surface area contributed by atoms with Crippen molar-refractivity contribution >= 4 is 34.0 Å². The summed E-state index contributed by atoms with van der Waals surface area (Å²) in [4.78, 5) is 17.2. The molecule has 0 radical (unpaired) electrons. The van der Waals surface area contributed by atoms with Crippen molar-refractivity contribution in [1.82, 2.24) is 4.98 Å². The quantitative estimate of drug-likeness (QED) is 0.499. The molecule has 0 amide bonds. The number of aromatic nitrogens is 1. The topological polar surface area (TPSA) is 86.8 Å². The Morgan fingerprint density at radius 3 is 2.53 bits per heavy atom. The molecule has 1 unspecified atom stereocenters. The van der Waals surface area contributed by atoms with Gasteiger partial charge in [-0.05, 0) is 29.8 Å². The van der Waals surface area contributed by atoms with E-state index in [9.17, 15) is 9.00 Å². The standard InChI is InChI=1S/C21H22N2O5S2/c1-26-16-8-9-19(17(12-16)27-2)30(25)23-15-6-4-14(5-7-15)18-13-22-20(29-18)10-11-21(24)28-3/h4-9,12-13,23H,10-11H2,1-3H3. The minimum absolute atomic E-state index is 0.247. The first-order valence-electron chi connectivity index (χ1n) is 9.06. The summed E-state index contributed by atoms with van der Waals surface area (Å²) in [7, 11) is 2.98. The largest absolute Gasteiger partial charge is 0.497 e. The van der Waals surface area contributed by atoms with Crippen molar-refractivity contribution in [1.29, 1.82) is 0 Å². The molecule has 0 fully saturated rings. The zero-order chi connectivity index (χ0) is 21.5. The third kappa shape index (κ3) is 5.37. The number of thiazole rings is 1. The van der Waals surface area contributed by atoms with Crippen LogP contribution in [0.5, 0.6) is 11.5 Å². The number of hydrogen-bond acceptors (Lipinski definition) is 7. The Kier molecular flexibility index (Phi) is 7.42. The number of aryl methyl sites for hydroxylation is 1. The van der Waals surface area contributed by atoms with E-state index in [0.717, 1.165) is 15.4 Å². The highest BCUT2D eigenvalue weighted by atomic mass is 32.2. The number of ether oxygens (including phenoxy) is 3. The van der Waals surface area contributed by atoms with Crippen molar-refractivity contribution in [3.05, 3.63) is 53.7 Å². The van der Waals surface area contributed by atoms with Gasteiger partial charge >= 0.3 is 5.97 Å². The summed E-state index contributed by atoms with van der Waals surface area (Å²) < 4.78 is 30.9. The number of nitrogens with one attached hydrogen (secondary N) is 1. The van der Waals surface area contributed by atoms with Crippen LogP contribution >= 0.6 is 11.3 Å². The molecule has 0 aliphatic heterocycles. The van der Waals surface area contributed by atoms with Crippen LogP contribution in [-0.4, -0.2) is 36.5 Å². The van der Waals surface area contributed by atoms with E-state index in [4.69, 9.17) is 9.47 Å². The maximum absolute atomic E-state index is 12.7. The fourth-order valence-corrected chi connectivity index (χ4v) is 4.56. The Hall–Kier alpha value is -2.91. The lowest BCUT2D eigenvalue weighted by atomic mass is 10.2. The van der Waals surface area contributed by atoms with Crippen LogP contribution in [0.2, 0.25) is 0 Å². The molecule has 30 heavy (non-hydrogen) atoms. The van der Waals surface area contributed by atoms with Gasteiger partial charge < -0.3 is 18.9 Å². The van der Waals surface area contributed by atoms with Gasteiger partial charge in [-0.3, -0.25) is 4.79 Å². The number of methoxy groups -OCH3 is 3. The van der Waals surface area contributed by atoms with E-state index >= 15 is 0 Å². The molecule has 0 saturated carbocycles. The molecule has 0 aliphatic carbocycles. The van der Waals surface area contributed by atoms with Gasteiger partial charge in [-0.25, -0.2) is 9.19 Å². The van der Waals surface area contributed by atoms with Crippen molar-refractivity contribution < 1.29 is 23.2 Å². The van der Waals surface area contributed by atoms with Gasteiger partial charge in [-0.1, -0.05) is 12.1 Å². The van der Waals surface area contributed by atoms with E-state index in [-0.39, 0.29) is 5.97 Å². The maximum Gasteiger partial charge on any atom is 0.305 e. The average molecular weight is 447 g/mol. The number of esters is 1. The van der Waals surface area contributed by atoms with Crippen LogP contribution in [0.4, 0.5) is 5.69 Å². The molecule has 1 N–H and O–H groups in total. The van der Waals surface area contributed by atoms with E-state index in [1.54, 1.807) is 31.5 Å². The normalized spacial score (nSPS) is 11.6. The van der Waals surface area contributed by atoms with Gasteiger partial charge in [0.15, 0.2) is 11.0 Å². The Labute approximate surface area is 181 Å². The second-order valence-electron chi connectivity index (χ2n) is 6.16. The molecule has 1 atom stereocenters. The van der Waals surface area contributed by atoms with Crippen LogP contribution < -0.4 is 14.2 Å². The van der Waals surface area contributed by atoms with Crippen LogP contribution in [0.1, 0.15) is 11.4 Å². The summed E-state index contributed by atoms with van der Waals surface area (Å²) in [6, 6.07) is 12.7. The summed E-state index contributed by atoms with van der Waals surface area (Å²) in [6.45, 7) is 0. The number of anilines is 1. The zero-order valence-corrected chi connectivity index (χ0v) is 18.5. The molecule has 0 spiro atoms. The van der Waals surface area contributed by atoms with Crippen LogP contribution in [-0.2, 0) is 26.9 Å². The molecular formula is C21H22N2O5S2. The highest BCUT2D eigenvalue weighted by molar-refractivity contribution is 7.86. The number of benzene rings is 2. The second kappa shape index (κ2) is 10.2. The first-order chi connectivity index (χ1) is 14.5. The van der Waals surface area contributed by atoms with E-state index < -0.39 is 11.0 Å². The Morgan fingerprint density at radius 1 is 1.10 bits per heavy atom. The van der Waals surface area contributed by atoms with Gasteiger partial charge in [0.2, 0.25) is 0 Å². The number of hydrogen-bond donors (Lipinski definition) is 1. The van der Waals surface area contributed by atoms with E-state index in [1.165, 1.54) is 25.6 Å². The predicted molar refractivity (Wildman–Crippen MR) is 117 cm³/mol. The third-order valence-electron chi connectivity index (χ3n) is 4.27. The number of nitrogens with zero attached hydrogens (tertiary/aromatic N) is 1. The summed E-state index contributed by atoms with van der Waals surface area (Å²) in [5, 5.41) is 0.880. The van der Waals surface area contributed by atoms with Gasteiger partial charge in [0.1, 0.15) is 16.4 Å². The lowest BCUT2D eigenvalue weighted by Gasteiger charge is -2.11. The van der Waals surface area contributed by atoms with Gasteiger partial charge in [0.25, 0.3) is 0 Å². The van der Waals surface area contributed by atoms with Crippen molar-refractivity contribution in [2.75, 3.05) is 26.1 Å². The molecule has 1 aromatic heterocycles. The van der Waals surface area contributed by atoms with Crippen LogP contribution in [0.3, 0.4) is 0 Å². The van der Waals surface area contributed by atoms with Crippen LogP contribution in [0.15, 0.2) is 53.6 Å². The first-order valence-corrected chi connectivity index (χ1v) is 11.0. The summed E-state index contributed by atoms with van der Waals surface area (Å²) in [6.07, 6.45) is 2.66. The molecule has 0 bridgehead atoms. The zero-order valence-electron chi connectivity index (χ0n) is 16.8. The monoisotopic (exact) mass is 446 g/mol.